The predicted octanol–water partition coefficient (Wildman–Crippen LogP) is 3.60. The molecule has 0 saturated carbocycles. The molecule has 0 saturated heterocycles. The topological polar surface area (TPSA) is 26.0 Å². The highest BCUT2D eigenvalue weighted by molar-refractivity contribution is 5.36. The number of halogens is 4. The molecular formula is C14H11F4N. The van der Waals surface area contributed by atoms with E-state index in [9.17, 15) is 17.6 Å². The molecule has 0 spiro atoms. The SMILES string of the molecule is Cc1cc(C(N)c2cccc(F)c2F)c(F)cc1F. The number of hydrogen-bond acceptors (Lipinski definition) is 1. The first-order chi connectivity index (χ1) is 8.91. The number of rotatable bonds is 2. The molecule has 0 aromatic heterocycles. The van der Waals surface area contributed by atoms with E-state index in [1.54, 1.807) is 0 Å². The Morgan fingerprint density at radius 3 is 2.26 bits per heavy atom. The maximum Gasteiger partial charge on any atom is 0.163 e. The van der Waals surface area contributed by atoms with Crippen molar-refractivity contribution in [1.29, 1.82) is 0 Å². The Balaban J connectivity index is 2.53. The smallest absolute Gasteiger partial charge is 0.163 e. The minimum atomic E-state index is -1.20. The average Bonchev–Trinajstić information content (AvgIpc) is 2.36. The summed E-state index contributed by atoms with van der Waals surface area (Å²) in [4.78, 5) is 0. The molecule has 0 aliphatic rings. The van der Waals surface area contributed by atoms with Gasteiger partial charge in [0.05, 0.1) is 6.04 Å². The van der Waals surface area contributed by atoms with Crippen LogP contribution in [-0.2, 0) is 0 Å². The van der Waals surface area contributed by atoms with Crippen LogP contribution in [0.15, 0.2) is 30.3 Å². The van der Waals surface area contributed by atoms with Gasteiger partial charge in [-0.25, -0.2) is 17.6 Å². The van der Waals surface area contributed by atoms with Crippen molar-refractivity contribution in [3.63, 3.8) is 0 Å². The zero-order valence-electron chi connectivity index (χ0n) is 10.1. The third kappa shape index (κ3) is 2.46. The molecule has 2 rings (SSSR count). The number of benzene rings is 2. The van der Waals surface area contributed by atoms with Gasteiger partial charge in [0.1, 0.15) is 11.6 Å². The number of hydrogen-bond donors (Lipinski definition) is 1. The highest BCUT2D eigenvalue weighted by atomic mass is 19.2. The fourth-order valence-corrected chi connectivity index (χ4v) is 1.85. The van der Waals surface area contributed by atoms with Gasteiger partial charge >= 0.3 is 0 Å². The van der Waals surface area contributed by atoms with Gasteiger partial charge in [-0.05, 0) is 24.6 Å². The van der Waals surface area contributed by atoms with E-state index in [1.165, 1.54) is 25.1 Å². The zero-order valence-corrected chi connectivity index (χ0v) is 10.1. The second kappa shape index (κ2) is 5.01. The van der Waals surface area contributed by atoms with Crippen LogP contribution in [-0.4, -0.2) is 0 Å². The van der Waals surface area contributed by atoms with Crippen LogP contribution >= 0.6 is 0 Å². The van der Waals surface area contributed by atoms with Crippen LogP contribution in [0.5, 0.6) is 0 Å². The van der Waals surface area contributed by atoms with Gasteiger partial charge in [0.15, 0.2) is 11.6 Å². The monoisotopic (exact) mass is 269 g/mol. The Morgan fingerprint density at radius 2 is 1.58 bits per heavy atom. The summed E-state index contributed by atoms with van der Waals surface area (Å²) in [7, 11) is 0. The molecule has 0 aliphatic carbocycles. The van der Waals surface area contributed by atoms with Gasteiger partial charge in [-0.3, -0.25) is 0 Å². The van der Waals surface area contributed by atoms with Crippen LogP contribution in [0.1, 0.15) is 22.7 Å². The van der Waals surface area contributed by atoms with Crippen molar-refractivity contribution < 1.29 is 17.6 Å². The normalized spacial score (nSPS) is 12.5. The Morgan fingerprint density at radius 1 is 0.895 bits per heavy atom. The lowest BCUT2D eigenvalue weighted by Crippen LogP contribution is -2.16. The molecule has 2 N–H and O–H groups in total. The highest BCUT2D eigenvalue weighted by Gasteiger charge is 2.20. The molecule has 2 aromatic carbocycles. The van der Waals surface area contributed by atoms with Crippen molar-refractivity contribution in [3.05, 3.63) is 70.3 Å². The summed E-state index contributed by atoms with van der Waals surface area (Å²) in [6.45, 7) is 1.44. The van der Waals surface area contributed by atoms with E-state index in [0.29, 0.717) is 6.07 Å². The summed E-state index contributed by atoms with van der Waals surface area (Å²) in [5, 5.41) is 0. The molecule has 0 fully saturated rings. The lowest BCUT2D eigenvalue weighted by atomic mass is 9.97. The Kier molecular flexibility index (Phi) is 3.57. The second-order valence-electron chi connectivity index (χ2n) is 4.24. The molecule has 0 aliphatic heterocycles. The highest BCUT2D eigenvalue weighted by Crippen LogP contribution is 2.27. The van der Waals surface area contributed by atoms with E-state index in [1.807, 2.05) is 0 Å². The van der Waals surface area contributed by atoms with Crippen LogP contribution in [0.3, 0.4) is 0 Å². The summed E-state index contributed by atoms with van der Waals surface area (Å²) in [5.41, 5.74) is 5.66. The molecule has 19 heavy (non-hydrogen) atoms. The van der Waals surface area contributed by atoms with E-state index in [0.717, 1.165) is 6.07 Å². The Bertz CT molecular complexity index is 625. The molecule has 2 aromatic rings. The predicted molar refractivity (Wildman–Crippen MR) is 63.5 cm³/mol. The van der Waals surface area contributed by atoms with Gasteiger partial charge in [0, 0.05) is 17.2 Å². The first-order valence-electron chi connectivity index (χ1n) is 5.57. The van der Waals surface area contributed by atoms with E-state index in [-0.39, 0.29) is 16.7 Å². The molecule has 1 atom stereocenters. The summed E-state index contributed by atoms with van der Waals surface area (Å²) in [5.74, 6) is -3.80. The van der Waals surface area contributed by atoms with Crippen LogP contribution in [0.25, 0.3) is 0 Å². The lowest BCUT2D eigenvalue weighted by molar-refractivity contribution is 0.491. The quantitative estimate of drug-likeness (QED) is 0.828. The molecule has 0 radical (unpaired) electrons. The third-order valence-corrected chi connectivity index (χ3v) is 2.93. The lowest BCUT2D eigenvalue weighted by Gasteiger charge is -2.15. The van der Waals surface area contributed by atoms with Crippen LogP contribution < -0.4 is 5.73 Å². The van der Waals surface area contributed by atoms with Gasteiger partial charge < -0.3 is 5.73 Å². The molecule has 5 heteroatoms. The molecule has 1 nitrogen and oxygen atoms in total. The van der Waals surface area contributed by atoms with Gasteiger partial charge in [-0.2, -0.15) is 0 Å². The minimum absolute atomic E-state index is 0.0802. The van der Waals surface area contributed by atoms with Crippen molar-refractivity contribution in [2.75, 3.05) is 0 Å². The van der Waals surface area contributed by atoms with Crippen molar-refractivity contribution in [1.82, 2.24) is 0 Å². The second-order valence-corrected chi connectivity index (χ2v) is 4.24. The summed E-state index contributed by atoms with van der Waals surface area (Å²) in [6.07, 6.45) is 0. The van der Waals surface area contributed by atoms with Crippen molar-refractivity contribution in [2.24, 2.45) is 5.73 Å². The van der Waals surface area contributed by atoms with E-state index in [2.05, 4.69) is 0 Å². The summed E-state index contributed by atoms with van der Waals surface area (Å²) in [6, 6.07) is 4.16. The fraction of sp³-hybridized carbons (Fsp3) is 0.143. The van der Waals surface area contributed by atoms with Crippen LogP contribution in [0.2, 0.25) is 0 Å². The van der Waals surface area contributed by atoms with E-state index < -0.39 is 29.3 Å². The first-order valence-corrected chi connectivity index (χ1v) is 5.57. The standard InChI is InChI=1S/C14H11F4N/c1-7-5-9(12(17)6-11(7)16)14(19)8-3-2-4-10(15)13(8)18/h2-6,14H,19H2,1H3. The summed E-state index contributed by atoms with van der Waals surface area (Å²) < 4.78 is 53.5. The van der Waals surface area contributed by atoms with Gasteiger partial charge in [-0.15, -0.1) is 0 Å². The molecule has 100 valence electrons. The zero-order chi connectivity index (χ0) is 14.2. The molecule has 0 heterocycles. The van der Waals surface area contributed by atoms with Crippen LogP contribution in [0.4, 0.5) is 17.6 Å². The molecule has 0 amide bonds. The number of aryl methyl sites for hydroxylation is 1. The number of nitrogens with two attached hydrogens (primary N) is 1. The fourth-order valence-electron chi connectivity index (χ4n) is 1.85. The average molecular weight is 269 g/mol. The third-order valence-electron chi connectivity index (χ3n) is 2.93. The Hall–Kier alpha value is -1.88. The molecule has 1 unspecified atom stereocenters. The van der Waals surface area contributed by atoms with Crippen molar-refractivity contribution >= 4 is 0 Å². The van der Waals surface area contributed by atoms with Gasteiger partial charge in [0.25, 0.3) is 0 Å². The maximum atomic E-state index is 13.7. The van der Waals surface area contributed by atoms with E-state index in [4.69, 9.17) is 5.73 Å². The molecule has 0 bridgehead atoms. The first kappa shape index (κ1) is 13.5. The van der Waals surface area contributed by atoms with Gasteiger partial charge in [-0.1, -0.05) is 12.1 Å². The Labute approximate surface area is 107 Å². The van der Waals surface area contributed by atoms with Crippen molar-refractivity contribution in [2.45, 2.75) is 13.0 Å². The van der Waals surface area contributed by atoms with E-state index >= 15 is 0 Å². The largest absolute Gasteiger partial charge is 0.320 e. The maximum absolute atomic E-state index is 13.7. The van der Waals surface area contributed by atoms with Gasteiger partial charge in [0.2, 0.25) is 0 Å². The minimum Gasteiger partial charge on any atom is -0.320 e. The van der Waals surface area contributed by atoms with Crippen molar-refractivity contribution in [3.8, 4) is 0 Å². The molecular weight excluding hydrogens is 258 g/mol. The summed E-state index contributed by atoms with van der Waals surface area (Å²) >= 11 is 0. The van der Waals surface area contributed by atoms with Crippen LogP contribution in [0, 0.1) is 30.2 Å².